The molecule has 0 aromatic carbocycles. The van der Waals surface area contributed by atoms with Gasteiger partial charge in [-0.2, -0.15) is 4.73 Å². The number of anilines is 1. The van der Waals surface area contributed by atoms with Crippen LogP contribution in [0.15, 0.2) is 24.5 Å². The van der Waals surface area contributed by atoms with E-state index in [1.54, 1.807) is 6.92 Å². The molecule has 0 radical (unpaired) electrons. The van der Waals surface area contributed by atoms with Gasteiger partial charge in [-0.15, -0.1) is 11.3 Å². The number of nitrogens with one attached hydrogen (secondary N) is 1. The number of esters is 2. The SMILES string of the molecule is CCOC(=O)c1c(NC(=O)COC(=O)c2cc[n+]([O-])cc2)sc2c1CCC(C)C2. The minimum absolute atomic E-state index is 0.165. The number of amides is 1. The average molecular weight is 418 g/mol. The van der Waals surface area contributed by atoms with Crippen LogP contribution in [-0.2, 0) is 27.1 Å². The van der Waals surface area contributed by atoms with Gasteiger partial charge in [0.15, 0.2) is 19.0 Å². The Morgan fingerprint density at radius 1 is 1.24 bits per heavy atom. The van der Waals surface area contributed by atoms with Gasteiger partial charge in [-0.25, -0.2) is 9.59 Å². The van der Waals surface area contributed by atoms with Gasteiger partial charge >= 0.3 is 11.9 Å². The summed E-state index contributed by atoms with van der Waals surface area (Å²) >= 11 is 1.37. The van der Waals surface area contributed by atoms with E-state index in [1.807, 2.05) is 0 Å². The summed E-state index contributed by atoms with van der Waals surface area (Å²) < 4.78 is 10.7. The molecule has 2 heterocycles. The number of carbonyl (C=O) groups excluding carboxylic acids is 3. The Morgan fingerprint density at radius 3 is 2.66 bits per heavy atom. The zero-order chi connectivity index (χ0) is 21.0. The standard InChI is InChI=1S/C20H22N2O6S/c1-3-27-20(25)17-14-5-4-12(2)10-15(14)29-18(17)21-16(23)11-28-19(24)13-6-8-22(26)9-7-13/h6-9,12H,3-5,10-11H2,1-2H3,(H,21,23). The summed E-state index contributed by atoms with van der Waals surface area (Å²) in [5, 5.41) is 14.1. The topological polar surface area (TPSA) is 109 Å². The number of thiophene rings is 1. The maximum Gasteiger partial charge on any atom is 0.341 e. The summed E-state index contributed by atoms with van der Waals surface area (Å²) in [4.78, 5) is 37.8. The molecule has 0 spiro atoms. The van der Waals surface area contributed by atoms with Crippen LogP contribution in [0.25, 0.3) is 0 Å². The molecule has 0 bridgehead atoms. The molecule has 1 aliphatic rings. The van der Waals surface area contributed by atoms with Crippen LogP contribution in [0.4, 0.5) is 5.00 Å². The Kier molecular flexibility index (Phi) is 6.48. The Bertz CT molecular complexity index is 922. The number of aromatic nitrogens is 1. The lowest BCUT2D eigenvalue weighted by Gasteiger charge is -2.18. The number of fused-ring (bicyclic) bond motifs is 1. The molecule has 0 saturated carbocycles. The second-order valence-electron chi connectivity index (χ2n) is 6.85. The molecule has 1 unspecified atom stereocenters. The molecule has 2 aromatic rings. The largest absolute Gasteiger partial charge is 0.619 e. The molecule has 3 rings (SSSR count). The van der Waals surface area contributed by atoms with E-state index in [1.165, 1.54) is 35.9 Å². The predicted octanol–water partition coefficient (Wildman–Crippen LogP) is 2.48. The quantitative estimate of drug-likeness (QED) is 0.439. The first-order valence-corrected chi connectivity index (χ1v) is 10.2. The Labute approximate surface area is 172 Å². The molecule has 1 amide bonds. The fourth-order valence-corrected chi connectivity index (χ4v) is 4.60. The van der Waals surface area contributed by atoms with E-state index in [2.05, 4.69) is 12.2 Å². The first kappa shape index (κ1) is 20.8. The van der Waals surface area contributed by atoms with Crippen molar-refractivity contribution in [2.75, 3.05) is 18.5 Å². The van der Waals surface area contributed by atoms with Crippen LogP contribution in [0.5, 0.6) is 0 Å². The molecular weight excluding hydrogens is 396 g/mol. The molecule has 1 N–H and O–H groups in total. The van der Waals surface area contributed by atoms with E-state index < -0.39 is 24.5 Å². The molecule has 1 aliphatic carbocycles. The van der Waals surface area contributed by atoms with Gasteiger partial charge in [0, 0.05) is 17.0 Å². The van der Waals surface area contributed by atoms with Crippen molar-refractivity contribution in [1.29, 1.82) is 0 Å². The van der Waals surface area contributed by atoms with Crippen LogP contribution in [0, 0.1) is 11.1 Å². The van der Waals surface area contributed by atoms with Crippen LogP contribution >= 0.6 is 11.3 Å². The second-order valence-corrected chi connectivity index (χ2v) is 7.95. The first-order valence-electron chi connectivity index (χ1n) is 9.36. The third kappa shape index (κ3) is 4.92. The molecule has 2 aromatic heterocycles. The van der Waals surface area contributed by atoms with Crippen LogP contribution in [0.2, 0.25) is 0 Å². The highest BCUT2D eigenvalue weighted by Gasteiger charge is 2.29. The lowest BCUT2D eigenvalue weighted by molar-refractivity contribution is -0.605. The summed E-state index contributed by atoms with van der Waals surface area (Å²) in [5.41, 5.74) is 1.51. The van der Waals surface area contributed by atoms with E-state index in [-0.39, 0.29) is 12.2 Å². The zero-order valence-electron chi connectivity index (χ0n) is 16.2. The van der Waals surface area contributed by atoms with Crippen LogP contribution < -0.4 is 10.0 Å². The van der Waals surface area contributed by atoms with Crippen molar-refractivity contribution in [3.63, 3.8) is 0 Å². The summed E-state index contributed by atoms with van der Waals surface area (Å²) in [6, 6.07) is 2.61. The summed E-state index contributed by atoms with van der Waals surface area (Å²) in [6.07, 6.45) is 4.92. The molecule has 9 heteroatoms. The van der Waals surface area contributed by atoms with Crippen molar-refractivity contribution in [2.24, 2.45) is 5.92 Å². The lowest BCUT2D eigenvalue weighted by atomic mass is 9.88. The number of hydrogen-bond acceptors (Lipinski definition) is 7. The normalized spacial score (nSPS) is 15.3. The molecule has 0 fully saturated rings. The minimum atomic E-state index is -0.717. The highest BCUT2D eigenvalue weighted by molar-refractivity contribution is 7.17. The molecular formula is C20H22N2O6S. The maximum atomic E-state index is 12.5. The average Bonchev–Trinajstić information content (AvgIpc) is 3.03. The number of pyridine rings is 1. The summed E-state index contributed by atoms with van der Waals surface area (Å²) in [6.45, 7) is 3.62. The highest BCUT2D eigenvalue weighted by atomic mass is 32.1. The molecule has 0 aliphatic heterocycles. The van der Waals surface area contributed by atoms with Gasteiger partial charge in [-0.3, -0.25) is 4.79 Å². The van der Waals surface area contributed by atoms with Gasteiger partial charge in [-0.05, 0) is 37.7 Å². The zero-order valence-corrected chi connectivity index (χ0v) is 17.0. The Hall–Kier alpha value is -2.94. The van der Waals surface area contributed by atoms with Gasteiger partial charge in [0.25, 0.3) is 5.91 Å². The van der Waals surface area contributed by atoms with Gasteiger partial charge in [0.2, 0.25) is 0 Å². The third-order valence-corrected chi connectivity index (χ3v) is 5.79. The van der Waals surface area contributed by atoms with E-state index in [0.29, 0.717) is 21.2 Å². The van der Waals surface area contributed by atoms with Gasteiger partial charge < -0.3 is 20.0 Å². The minimum Gasteiger partial charge on any atom is -0.619 e. The predicted molar refractivity (Wildman–Crippen MR) is 106 cm³/mol. The lowest BCUT2D eigenvalue weighted by Crippen LogP contribution is -2.25. The van der Waals surface area contributed by atoms with Crippen molar-refractivity contribution in [2.45, 2.75) is 33.1 Å². The Morgan fingerprint density at radius 2 is 1.97 bits per heavy atom. The number of hydrogen-bond donors (Lipinski definition) is 1. The Balaban J connectivity index is 1.70. The van der Waals surface area contributed by atoms with Crippen molar-refractivity contribution >= 4 is 34.2 Å². The highest BCUT2D eigenvalue weighted by Crippen LogP contribution is 2.40. The van der Waals surface area contributed by atoms with Crippen LogP contribution in [0.3, 0.4) is 0 Å². The van der Waals surface area contributed by atoms with E-state index in [9.17, 15) is 19.6 Å². The smallest absolute Gasteiger partial charge is 0.341 e. The van der Waals surface area contributed by atoms with Gasteiger partial charge in [0.1, 0.15) is 5.00 Å². The number of nitrogens with zero attached hydrogens (tertiary/aromatic N) is 1. The molecule has 29 heavy (non-hydrogen) atoms. The molecule has 8 nitrogen and oxygen atoms in total. The molecule has 154 valence electrons. The fourth-order valence-electron chi connectivity index (χ4n) is 3.18. The van der Waals surface area contributed by atoms with E-state index in [4.69, 9.17) is 9.47 Å². The number of carbonyl (C=O) groups is 3. The monoisotopic (exact) mass is 418 g/mol. The first-order chi connectivity index (χ1) is 13.9. The fraction of sp³-hybridized carbons (Fsp3) is 0.400. The van der Waals surface area contributed by atoms with Crippen molar-refractivity contribution in [1.82, 2.24) is 0 Å². The van der Waals surface area contributed by atoms with Gasteiger partial charge in [-0.1, -0.05) is 6.92 Å². The van der Waals surface area contributed by atoms with Crippen molar-refractivity contribution in [3.8, 4) is 0 Å². The van der Waals surface area contributed by atoms with Crippen molar-refractivity contribution in [3.05, 3.63) is 51.3 Å². The van der Waals surface area contributed by atoms with E-state index in [0.717, 1.165) is 29.7 Å². The van der Waals surface area contributed by atoms with Crippen LogP contribution in [0.1, 0.15) is 51.4 Å². The third-order valence-electron chi connectivity index (χ3n) is 4.62. The summed E-state index contributed by atoms with van der Waals surface area (Å²) in [7, 11) is 0. The number of ether oxygens (including phenoxy) is 2. The van der Waals surface area contributed by atoms with Crippen LogP contribution in [-0.4, -0.2) is 31.1 Å². The van der Waals surface area contributed by atoms with Crippen molar-refractivity contribution < 1.29 is 28.6 Å². The van der Waals surface area contributed by atoms with E-state index >= 15 is 0 Å². The second kappa shape index (κ2) is 9.04. The molecule has 1 atom stereocenters. The summed E-state index contributed by atoms with van der Waals surface area (Å²) in [5.74, 6) is -1.21. The number of rotatable bonds is 6. The molecule has 0 saturated heterocycles. The maximum absolute atomic E-state index is 12.5. The van der Waals surface area contributed by atoms with Gasteiger partial charge in [0.05, 0.1) is 17.7 Å².